The van der Waals surface area contributed by atoms with Crippen LogP contribution in [-0.4, -0.2) is 50.1 Å². The van der Waals surface area contributed by atoms with Gasteiger partial charge in [-0.3, -0.25) is 9.69 Å². The summed E-state index contributed by atoms with van der Waals surface area (Å²) >= 11 is 0. The maximum atomic E-state index is 12.6. The van der Waals surface area contributed by atoms with Crippen LogP contribution in [0.4, 0.5) is 0 Å². The van der Waals surface area contributed by atoms with E-state index < -0.39 is 0 Å². The largest absolute Gasteiger partial charge is 0.497 e. The lowest BCUT2D eigenvalue weighted by molar-refractivity contribution is -0.130. The molecule has 2 saturated heterocycles. The Balaban J connectivity index is 1.65. The van der Waals surface area contributed by atoms with Gasteiger partial charge in [0.15, 0.2) is 0 Å². The number of Topliss-reactive ketones (excluding diaryl/α,β-unsaturated/α-hetero) is 1. The van der Waals surface area contributed by atoms with E-state index in [1.165, 1.54) is 0 Å². The number of hydrogen-bond donors (Lipinski definition) is 0. The van der Waals surface area contributed by atoms with Gasteiger partial charge < -0.3 is 9.47 Å². The van der Waals surface area contributed by atoms with E-state index in [1.807, 2.05) is 24.3 Å². The van der Waals surface area contributed by atoms with E-state index in [4.69, 9.17) is 9.47 Å². The SMILES string of the molecule is COc1cccc(CC(=O)C2CC3COCC(C2)N3C)c1. The summed E-state index contributed by atoms with van der Waals surface area (Å²) in [5, 5.41) is 0. The van der Waals surface area contributed by atoms with E-state index >= 15 is 0 Å². The third kappa shape index (κ3) is 3.11. The number of fused-ring (bicyclic) bond motifs is 2. The van der Waals surface area contributed by atoms with Gasteiger partial charge in [-0.2, -0.15) is 0 Å². The fourth-order valence-electron chi connectivity index (χ4n) is 3.49. The van der Waals surface area contributed by atoms with Crippen LogP contribution >= 0.6 is 0 Å². The average Bonchev–Trinajstić information content (AvgIpc) is 2.47. The highest BCUT2D eigenvalue weighted by Gasteiger charge is 2.39. The molecule has 21 heavy (non-hydrogen) atoms. The van der Waals surface area contributed by atoms with Crippen LogP contribution < -0.4 is 4.74 Å². The summed E-state index contributed by atoms with van der Waals surface area (Å²) in [6, 6.07) is 8.61. The molecule has 2 atom stereocenters. The Labute approximate surface area is 126 Å². The Morgan fingerprint density at radius 3 is 2.71 bits per heavy atom. The van der Waals surface area contributed by atoms with Crippen LogP contribution in [-0.2, 0) is 16.0 Å². The van der Waals surface area contributed by atoms with E-state index in [0.29, 0.717) is 24.3 Å². The normalized spacial score (nSPS) is 29.1. The molecule has 0 N–H and O–H groups in total. The topological polar surface area (TPSA) is 38.8 Å². The smallest absolute Gasteiger partial charge is 0.140 e. The van der Waals surface area contributed by atoms with Crippen molar-refractivity contribution < 1.29 is 14.3 Å². The molecule has 2 aliphatic rings. The number of piperidine rings is 1. The quantitative estimate of drug-likeness (QED) is 0.849. The molecule has 0 amide bonds. The van der Waals surface area contributed by atoms with Crippen molar-refractivity contribution in [2.24, 2.45) is 5.92 Å². The maximum absolute atomic E-state index is 12.6. The molecule has 4 heteroatoms. The zero-order valence-electron chi connectivity index (χ0n) is 12.7. The van der Waals surface area contributed by atoms with E-state index in [-0.39, 0.29) is 5.92 Å². The number of carbonyl (C=O) groups excluding carboxylic acids is 1. The summed E-state index contributed by atoms with van der Waals surface area (Å²) in [6.07, 6.45) is 2.36. The predicted octanol–water partition coefficient (Wildman–Crippen LogP) is 1.92. The van der Waals surface area contributed by atoms with Crippen LogP contribution in [0.1, 0.15) is 18.4 Å². The highest BCUT2D eigenvalue weighted by molar-refractivity contribution is 5.83. The van der Waals surface area contributed by atoms with E-state index in [1.54, 1.807) is 7.11 Å². The Kier molecular flexibility index (Phi) is 4.27. The van der Waals surface area contributed by atoms with Gasteiger partial charge in [-0.15, -0.1) is 0 Å². The number of ketones is 1. The first-order valence-corrected chi connectivity index (χ1v) is 7.62. The lowest BCUT2D eigenvalue weighted by Crippen LogP contribution is -2.55. The Morgan fingerprint density at radius 1 is 1.33 bits per heavy atom. The third-order valence-electron chi connectivity index (χ3n) is 4.85. The Morgan fingerprint density at radius 2 is 2.05 bits per heavy atom. The lowest BCUT2D eigenvalue weighted by Gasteiger charge is -2.46. The van der Waals surface area contributed by atoms with Crippen LogP contribution in [0.5, 0.6) is 5.75 Å². The molecule has 114 valence electrons. The van der Waals surface area contributed by atoms with Gasteiger partial charge in [0.05, 0.1) is 20.3 Å². The van der Waals surface area contributed by atoms with Crippen molar-refractivity contribution >= 4 is 5.78 Å². The second kappa shape index (κ2) is 6.16. The van der Waals surface area contributed by atoms with Gasteiger partial charge >= 0.3 is 0 Å². The van der Waals surface area contributed by atoms with Crippen LogP contribution in [0.25, 0.3) is 0 Å². The summed E-state index contributed by atoms with van der Waals surface area (Å²) < 4.78 is 10.8. The molecule has 0 aromatic heterocycles. The first-order valence-electron chi connectivity index (χ1n) is 7.62. The molecule has 2 bridgehead atoms. The summed E-state index contributed by atoms with van der Waals surface area (Å²) in [5.41, 5.74) is 1.04. The van der Waals surface area contributed by atoms with Crippen molar-refractivity contribution in [3.8, 4) is 5.75 Å². The fraction of sp³-hybridized carbons (Fsp3) is 0.588. The maximum Gasteiger partial charge on any atom is 0.140 e. The number of ether oxygens (including phenoxy) is 2. The monoisotopic (exact) mass is 289 g/mol. The molecule has 4 nitrogen and oxygen atoms in total. The molecule has 1 aromatic carbocycles. The predicted molar refractivity (Wildman–Crippen MR) is 80.6 cm³/mol. The van der Waals surface area contributed by atoms with E-state index in [2.05, 4.69) is 11.9 Å². The minimum atomic E-state index is 0.173. The number of likely N-dealkylation sites (N-methyl/N-ethyl adjacent to an activating group) is 1. The summed E-state index contributed by atoms with van der Waals surface area (Å²) in [6.45, 7) is 1.52. The number of morpholine rings is 1. The van der Waals surface area contributed by atoms with Crippen LogP contribution in [0, 0.1) is 5.92 Å². The molecule has 1 aromatic rings. The second-order valence-electron chi connectivity index (χ2n) is 6.17. The Hall–Kier alpha value is -1.39. The van der Waals surface area contributed by atoms with Gasteiger partial charge in [-0.1, -0.05) is 12.1 Å². The molecule has 2 unspecified atom stereocenters. The van der Waals surface area contributed by atoms with Gasteiger partial charge in [0, 0.05) is 24.4 Å². The minimum absolute atomic E-state index is 0.173. The zero-order chi connectivity index (χ0) is 14.8. The first-order chi connectivity index (χ1) is 10.2. The first kappa shape index (κ1) is 14.5. The highest BCUT2D eigenvalue weighted by Crippen LogP contribution is 2.31. The van der Waals surface area contributed by atoms with Crippen molar-refractivity contribution in [2.45, 2.75) is 31.3 Å². The zero-order valence-corrected chi connectivity index (χ0v) is 12.7. The van der Waals surface area contributed by atoms with Crippen LogP contribution in [0.15, 0.2) is 24.3 Å². The number of hydrogen-bond acceptors (Lipinski definition) is 4. The molecule has 0 aliphatic carbocycles. The van der Waals surface area contributed by atoms with Crippen molar-refractivity contribution in [1.82, 2.24) is 4.90 Å². The Bertz CT molecular complexity index is 503. The number of rotatable bonds is 4. The van der Waals surface area contributed by atoms with Gasteiger partial charge in [0.1, 0.15) is 11.5 Å². The van der Waals surface area contributed by atoms with Gasteiger partial charge in [0.25, 0.3) is 0 Å². The van der Waals surface area contributed by atoms with Gasteiger partial charge in [-0.05, 0) is 37.6 Å². The molecule has 0 spiro atoms. The van der Waals surface area contributed by atoms with Gasteiger partial charge in [-0.25, -0.2) is 0 Å². The molecule has 2 aliphatic heterocycles. The summed E-state index contributed by atoms with van der Waals surface area (Å²) in [4.78, 5) is 15.0. The van der Waals surface area contributed by atoms with Crippen molar-refractivity contribution in [2.75, 3.05) is 27.4 Å². The highest BCUT2D eigenvalue weighted by atomic mass is 16.5. The number of carbonyl (C=O) groups is 1. The molecular formula is C17H23NO3. The van der Waals surface area contributed by atoms with Crippen LogP contribution in [0.2, 0.25) is 0 Å². The number of benzene rings is 1. The van der Waals surface area contributed by atoms with E-state index in [9.17, 15) is 4.79 Å². The molecule has 3 rings (SSSR count). The summed E-state index contributed by atoms with van der Waals surface area (Å²) in [5.74, 6) is 1.34. The van der Waals surface area contributed by atoms with Crippen molar-refractivity contribution in [1.29, 1.82) is 0 Å². The average molecular weight is 289 g/mol. The van der Waals surface area contributed by atoms with E-state index in [0.717, 1.165) is 37.4 Å². The standard InChI is InChI=1S/C17H23NO3/c1-18-14-8-13(9-15(18)11-21-10-14)17(19)7-12-4-3-5-16(6-12)20-2/h3-6,13-15H,7-11H2,1-2H3. The minimum Gasteiger partial charge on any atom is -0.497 e. The fourth-order valence-corrected chi connectivity index (χ4v) is 3.49. The van der Waals surface area contributed by atoms with Crippen molar-refractivity contribution in [3.63, 3.8) is 0 Å². The van der Waals surface area contributed by atoms with Crippen LogP contribution in [0.3, 0.4) is 0 Å². The number of nitrogens with zero attached hydrogens (tertiary/aromatic N) is 1. The third-order valence-corrected chi connectivity index (χ3v) is 4.85. The van der Waals surface area contributed by atoms with Crippen molar-refractivity contribution in [3.05, 3.63) is 29.8 Å². The molecule has 2 heterocycles. The van der Waals surface area contributed by atoms with Gasteiger partial charge in [0.2, 0.25) is 0 Å². The summed E-state index contributed by atoms with van der Waals surface area (Å²) in [7, 11) is 3.81. The molecule has 2 fully saturated rings. The second-order valence-corrected chi connectivity index (χ2v) is 6.17. The molecular weight excluding hydrogens is 266 g/mol. The molecule has 0 saturated carbocycles. The lowest BCUT2D eigenvalue weighted by atomic mass is 9.81. The molecule has 0 radical (unpaired) electrons. The number of methoxy groups -OCH3 is 1.